The Bertz CT molecular complexity index is 621. The zero-order valence-corrected chi connectivity index (χ0v) is 9.32. The molecular formula is C9H6N2O8. The van der Waals surface area contributed by atoms with Gasteiger partial charge in [0.05, 0.1) is 15.4 Å². The van der Waals surface area contributed by atoms with Crippen LogP contribution in [0.1, 0.15) is 26.3 Å². The van der Waals surface area contributed by atoms with E-state index in [-0.39, 0.29) is 0 Å². The highest BCUT2D eigenvalue weighted by molar-refractivity contribution is 6.01. The minimum Gasteiger partial charge on any atom is -0.478 e. The summed E-state index contributed by atoms with van der Waals surface area (Å²) in [6.07, 6.45) is 0. The number of carbonyl (C=O) groups is 2. The van der Waals surface area contributed by atoms with Crippen molar-refractivity contribution in [2.24, 2.45) is 0 Å². The predicted molar refractivity (Wildman–Crippen MR) is 58.4 cm³/mol. The van der Waals surface area contributed by atoms with Crippen molar-refractivity contribution in [3.05, 3.63) is 43.0 Å². The Morgan fingerprint density at radius 1 is 1.11 bits per heavy atom. The minimum atomic E-state index is -1.81. The lowest BCUT2D eigenvalue weighted by Crippen LogP contribution is -2.12. The number of nitro groups is 2. The molecule has 0 saturated heterocycles. The molecule has 100 valence electrons. The third-order valence-electron chi connectivity index (χ3n) is 2.36. The molecule has 10 nitrogen and oxygen atoms in total. The number of aromatic carboxylic acids is 2. The largest absolute Gasteiger partial charge is 0.478 e. The number of nitrogens with zero attached hydrogens (tertiary/aromatic N) is 2. The minimum absolute atomic E-state index is 0.419. The summed E-state index contributed by atoms with van der Waals surface area (Å²) in [6, 6.07) is 0.474. The van der Waals surface area contributed by atoms with Gasteiger partial charge >= 0.3 is 23.3 Å². The Kier molecular flexibility index (Phi) is 3.45. The van der Waals surface area contributed by atoms with E-state index in [2.05, 4.69) is 0 Å². The summed E-state index contributed by atoms with van der Waals surface area (Å²) in [5.74, 6) is -3.42. The molecular weight excluding hydrogens is 264 g/mol. The Morgan fingerprint density at radius 2 is 1.63 bits per heavy atom. The zero-order chi connectivity index (χ0) is 14.9. The summed E-state index contributed by atoms with van der Waals surface area (Å²) in [5, 5.41) is 39.2. The van der Waals surface area contributed by atoms with Crippen molar-refractivity contribution < 1.29 is 29.6 Å². The number of carboxylic acids is 2. The van der Waals surface area contributed by atoms with E-state index < -0.39 is 49.9 Å². The van der Waals surface area contributed by atoms with Gasteiger partial charge in [-0.1, -0.05) is 0 Å². The van der Waals surface area contributed by atoms with Crippen LogP contribution in [-0.4, -0.2) is 32.0 Å². The number of rotatable bonds is 4. The van der Waals surface area contributed by atoms with Gasteiger partial charge < -0.3 is 10.2 Å². The van der Waals surface area contributed by atoms with Crippen LogP contribution in [0.15, 0.2) is 6.07 Å². The molecule has 0 aliphatic heterocycles. The number of hydrogen-bond donors (Lipinski definition) is 2. The number of hydrogen-bond acceptors (Lipinski definition) is 6. The Hall–Kier alpha value is -3.04. The van der Waals surface area contributed by atoms with Gasteiger partial charge in [0.15, 0.2) is 0 Å². The molecule has 0 bridgehead atoms. The van der Waals surface area contributed by atoms with Crippen LogP contribution in [0, 0.1) is 27.2 Å². The van der Waals surface area contributed by atoms with Gasteiger partial charge in [0.2, 0.25) is 0 Å². The molecule has 0 heterocycles. The van der Waals surface area contributed by atoms with Gasteiger partial charge in [-0.25, -0.2) is 9.59 Å². The molecule has 1 aromatic carbocycles. The lowest BCUT2D eigenvalue weighted by Gasteiger charge is -2.06. The van der Waals surface area contributed by atoms with E-state index in [4.69, 9.17) is 10.2 Å². The summed E-state index contributed by atoms with van der Waals surface area (Å²) in [5.41, 5.74) is -4.51. The highest BCUT2D eigenvalue weighted by Gasteiger charge is 2.36. The monoisotopic (exact) mass is 270 g/mol. The molecule has 0 unspecified atom stereocenters. The van der Waals surface area contributed by atoms with Crippen molar-refractivity contribution in [2.75, 3.05) is 0 Å². The Morgan fingerprint density at radius 3 is 1.95 bits per heavy atom. The number of carboxylic acid groups (broad SMARTS) is 2. The average Bonchev–Trinajstić information content (AvgIpc) is 2.26. The van der Waals surface area contributed by atoms with E-state index in [0.717, 1.165) is 6.92 Å². The molecule has 0 aromatic heterocycles. The quantitative estimate of drug-likeness (QED) is 0.609. The fourth-order valence-electron chi connectivity index (χ4n) is 1.56. The highest BCUT2D eigenvalue weighted by Crippen LogP contribution is 2.35. The van der Waals surface area contributed by atoms with Gasteiger partial charge in [-0.15, -0.1) is 0 Å². The van der Waals surface area contributed by atoms with Gasteiger partial charge in [0.1, 0.15) is 5.56 Å². The fourth-order valence-corrected chi connectivity index (χ4v) is 1.56. The molecule has 1 rings (SSSR count). The standard InChI is InChI=1S/C9H6N2O8/c1-3-4(8(12)13)2-5(10(16)17)7(11(18)19)6(3)9(14)15/h2H,1H3,(H,12,13)(H,14,15). The van der Waals surface area contributed by atoms with Crippen molar-refractivity contribution in [1.82, 2.24) is 0 Å². The van der Waals surface area contributed by atoms with E-state index in [9.17, 15) is 29.8 Å². The predicted octanol–water partition coefficient (Wildman–Crippen LogP) is 1.21. The molecule has 19 heavy (non-hydrogen) atoms. The summed E-state index contributed by atoms with van der Waals surface area (Å²) in [4.78, 5) is 40.9. The maximum absolute atomic E-state index is 11.0. The highest BCUT2D eigenvalue weighted by atomic mass is 16.6. The van der Waals surface area contributed by atoms with Crippen LogP contribution < -0.4 is 0 Å². The number of nitro benzene ring substituents is 2. The SMILES string of the molecule is Cc1c(C(=O)O)cc([N+](=O)[O-])c([N+](=O)[O-])c1C(=O)O. The number of benzene rings is 1. The van der Waals surface area contributed by atoms with E-state index in [1.165, 1.54) is 0 Å². The maximum Gasteiger partial charge on any atom is 0.360 e. The van der Waals surface area contributed by atoms with Crippen molar-refractivity contribution >= 4 is 23.3 Å². The molecule has 1 aromatic rings. The van der Waals surface area contributed by atoms with Crippen molar-refractivity contribution in [3.8, 4) is 0 Å². The summed E-state index contributed by atoms with van der Waals surface area (Å²) in [6.45, 7) is 1.03. The third-order valence-corrected chi connectivity index (χ3v) is 2.36. The van der Waals surface area contributed by atoms with Crippen LogP contribution in [0.3, 0.4) is 0 Å². The topological polar surface area (TPSA) is 161 Å². The molecule has 0 radical (unpaired) electrons. The first-order valence-corrected chi connectivity index (χ1v) is 4.61. The summed E-state index contributed by atoms with van der Waals surface area (Å²) >= 11 is 0. The Balaban J connectivity index is 3.94. The van der Waals surface area contributed by atoms with Gasteiger partial charge in [0, 0.05) is 6.07 Å². The second kappa shape index (κ2) is 4.68. The summed E-state index contributed by atoms with van der Waals surface area (Å²) < 4.78 is 0. The van der Waals surface area contributed by atoms with Gasteiger partial charge in [-0.05, 0) is 12.5 Å². The zero-order valence-electron chi connectivity index (χ0n) is 9.32. The molecule has 0 atom stereocenters. The molecule has 0 amide bonds. The van der Waals surface area contributed by atoms with E-state index in [1.54, 1.807) is 0 Å². The molecule has 0 fully saturated rings. The third kappa shape index (κ3) is 2.31. The maximum atomic E-state index is 11.0. The molecule has 0 aliphatic rings. The smallest absolute Gasteiger partial charge is 0.360 e. The van der Waals surface area contributed by atoms with E-state index in [1.807, 2.05) is 0 Å². The van der Waals surface area contributed by atoms with Crippen molar-refractivity contribution in [1.29, 1.82) is 0 Å². The van der Waals surface area contributed by atoms with Crippen LogP contribution in [0.5, 0.6) is 0 Å². The van der Waals surface area contributed by atoms with Crippen LogP contribution in [0.2, 0.25) is 0 Å². The van der Waals surface area contributed by atoms with Gasteiger partial charge in [-0.2, -0.15) is 0 Å². The first-order valence-electron chi connectivity index (χ1n) is 4.61. The molecule has 0 aliphatic carbocycles. The van der Waals surface area contributed by atoms with Crippen LogP contribution >= 0.6 is 0 Å². The second-order valence-electron chi connectivity index (χ2n) is 3.42. The van der Waals surface area contributed by atoms with Crippen LogP contribution in [0.25, 0.3) is 0 Å². The van der Waals surface area contributed by atoms with Gasteiger partial charge in [-0.3, -0.25) is 20.2 Å². The summed E-state index contributed by atoms with van der Waals surface area (Å²) in [7, 11) is 0. The lowest BCUT2D eigenvalue weighted by molar-refractivity contribution is -0.422. The van der Waals surface area contributed by atoms with Crippen molar-refractivity contribution in [2.45, 2.75) is 6.92 Å². The normalized spacial score (nSPS) is 9.95. The van der Waals surface area contributed by atoms with E-state index >= 15 is 0 Å². The molecule has 10 heteroatoms. The molecule has 0 saturated carbocycles. The molecule has 0 spiro atoms. The van der Waals surface area contributed by atoms with Gasteiger partial charge in [0.25, 0.3) is 0 Å². The first kappa shape index (κ1) is 14.0. The van der Waals surface area contributed by atoms with E-state index in [0.29, 0.717) is 6.07 Å². The lowest BCUT2D eigenvalue weighted by atomic mass is 9.99. The average molecular weight is 270 g/mol. The van der Waals surface area contributed by atoms with Crippen LogP contribution in [0.4, 0.5) is 11.4 Å². The van der Waals surface area contributed by atoms with Crippen LogP contribution in [-0.2, 0) is 0 Å². The Labute approximate surface area is 104 Å². The fraction of sp³-hybridized carbons (Fsp3) is 0.111. The molecule has 2 N–H and O–H groups in total. The second-order valence-corrected chi connectivity index (χ2v) is 3.42. The first-order chi connectivity index (χ1) is 8.68. The van der Waals surface area contributed by atoms with Crippen molar-refractivity contribution in [3.63, 3.8) is 0 Å².